The van der Waals surface area contributed by atoms with Crippen LogP contribution in [0.1, 0.15) is 25.3 Å². The molecule has 1 unspecified atom stereocenters. The topological polar surface area (TPSA) is 32.5 Å². The highest BCUT2D eigenvalue weighted by Gasteiger charge is 2.31. The van der Waals surface area contributed by atoms with Crippen molar-refractivity contribution in [1.29, 1.82) is 0 Å². The van der Waals surface area contributed by atoms with Crippen molar-refractivity contribution in [3.63, 3.8) is 0 Å². The van der Waals surface area contributed by atoms with Gasteiger partial charge in [0.25, 0.3) is 0 Å². The van der Waals surface area contributed by atoms with Gasteiger partial charge in [-0.25, -0.2) is 0 Å². The van der Waals surface area contributed by atoms with Crippen LogP contribution in [0.25, 0.3) is 0 Å². The van der Waals surface area contributed by atoms with Crippen LogP contribution in [0.15, 0.2) is 30.3 Å². The molecule has 2 N–H and O–H groups in total. The molecule has 1 aromatic carbocycles. The highest BCUT2D eigenvalue weighted by atomic mass is 15.2. The average Bonchev–Trinajstić information content (AvgIpc) is 2.45. The number of benzene rings is 1. The van der Waals surface area contributed by atoms with Crippen LogP contribution in [-0.4, -0.2) is 56.1 Å². The van der Waals surface area contributed by atoms with Crippen molar-refractivity contribution in [2.24, 2.45) is 5.73 Å². The summed E-state index contributed by atoms with van der Waals surface area (Å²) in [5, 5.41) is 0. The lowest BCUT2D eigenvalue weighted by molar-refractivity contribution is 0.115. The van der Waals surface area contributed by atoms with Crippen LogP contribution >= 0.6 is 0 Å². The fraction of sp³-hybridized carbons (Fsp3) is 0.647. The molecular weight excluding hydrogens is 246 g/mol. The lowest BCUT2D eigenvalue weighted by Crippen LogP contribution is -2.53. The molecule has 20 heavy (non-hydrogen) atoms. The van der Waals surface area contributed by atoms with E-state index in [2.05, 4.69) is 68.2 Å². The van der Waals surface area contributed by atoms with Crippen LogP contribution < -0.4 is 5.73 Å². The predicted molar refractivity (Wildman–Crippen MR) is 88.0 cm³/mol. The second kappa shape index (κ2) is 8.40. The van der Waals surface area contributed by atoms with Gasteiger partial charge in [0.1, 0.15) is 0 Å². The summed E-state index contributed by atoms with van der Waals surface area (Å²) in [6.07, 6.45) is 3.29. The Morgan fingerprint density at radius 2 is 1.70 bits per heavy atom. The van der Waals surface area contributed by atoms with Crippen molar-refractivity contribution in [2.45, 2.75) is 31.7 Å². The van der Waals surface area contributed by atoms with E-state index in [0.29, 0.717) is 6.54 Å². The Morgan fingerprint density at radius 1 is 1.05 bits per heavy atom. The maximum atomic E-state index is 6.15. The molecular formula is C17H31N3. The minimum atomic E-state index is 0.0770. The van der Waals surface area contributed by atoms with Crippen LogP contribution in [0.3, 0.4) is 0 Å². The second-order valence-electron chi connectivity index (χ2n) is 6.02. The van der Waals surface area contributed by atoms with Crippen molar-refractivity contribution < 1.29 is 0 Å². The van der Waals surface area contributed by atoms with E-state index >= 15 is 0 Å². The van der Waals surface area contributed by atoms with Gasteiger partial charge in [-0.05, 0) is 59.1 Å². The van der Waals surface area contributed by atoms with E-state index in [9.17, 15) is 0 Å². The van der Waals surface area contributed by atoms with Gasteiger partial charge in [-0.1, -0.05) is 37.3 Å². The number of likely N-dealkylation sites (N-methyl/N-ethyl adjacent to an activating group) is 1. The van der Waals surface area contributed by atoms with Crippen LogP contribution in [0.5, 0.6) is 0 Å². The Kier molecular flexibility index (Phi) is 7.20. The molecule has 1 rings (SSSR count). The predicted octanol–water partition coefficient (Wildman–Crippen LogP) is 2.22. The summed E-state index contributed by atoms with van der Waals surface area (Å²) < 4.78 is 0. The van der Waals surface area contributed by atoms with Gasteiger partial charge < -0.3 is 10.6 Å². The Hall–Kier alpha value is -0.900. The van der Waals surface area contributed by atoms with Crippen molar-refractivity contribution in [3.8, 4) is 0 Å². The highest BCUT2D eigenvalue weighted by Crippen LogP contribution is 2.23. The molecule has 114 valence electrons. The number of hydrogen-bond acceptors (Lipinski definition) is 3. The number of rotatable bonds is 9. The van der Waals surface area contributed by atoms with E-state index in [4.69, 9.17) is 5.73 Å². The molecule has 0 aromatic heterocycles. The molecule has 0 saturated heterocycles. The third-order valence-corrected chi connectivity index (χ3v) is 4.32. The molecule has 0 aliphatic rings. The standard InChI is InChI=1S/C17H31N3/c1-5-17(15-18,14-16-10-7-6-8-11-16)20(4)13-9-12-19(2)3/h6-8,10-11H,5,9,12-15,18H2,1-4H3. The summed E-state index contributed by atoms with van der Waals surface area (Å²) >= 11 is 0. The first-order chi connectivity index (χ1) is 9.54. The lowest BCUT2D eigenvalue weighted by atomic mass is 9.86. The van der Waals surface area contributed by atoms with Crippen LogP contribution in [0.4, 0.5) is 0 Å². The quantitative estimate of drug-likeness (QED) is 0.751. The van der Waals surface area contributed by atoms with Crippen molar-refractivity contribution >= 4 is 0 Å². The van der Waals surface area contributed by atoms with Gasteiger partial charge in [-0.15, -0.1) is 0 Å². The molecule has 3 nitrogen and oxygen atoms in total. The minimum Gasteiger partial charge on any atom is -0.329 e. The average molecular weight is 277 g/mol. The van der Waals surface area contributed by atoms with Crippen molar-refractivity contribution in [3.05, 3.63) is 35.9 Å². The molecule has 1 atom stereocenters. The Balaban J connectivity index is 2.69. The fourth-order valence-corrected chi connectivity index (χ4v) is 2.74. The highest BCUT2D eigenvalue weighted by molar-refractivity contribution is 5.18. The SMILES string of the molecule is CCC(CN)(Cc1ccccc1)N(C)CCCN(C)C. The molecule has 1 aromatic rings. The zero-order valence-electron chi connectivity index (χ0n) is 13.6. The third kappa shape index (κ3) is 4.89. The Labute approximate surface area is 124 Å². The fourth-order valence-electron chi connectivity index (χ4n) is 2.74. The largest absolute Gasteiger partial charge is 0.329 e. The number of nitrogens with two attached hydrogens (primary N) is 1. The van der Waals surface area contributed by atoms with Crippen LogP contribution in [0, 0.1) is 0 Å². The van der Waals surface area contributed by atoms with Crippen molar-refractivity contribution in [1.82, 2.24) is 9.80 Å². The van der Waals surface area contributed by atoms with Gasteiger partial charge in [0.2, 0.25) is 0 Å². The molecule has 0 saturated carbocycles. The number of nitrogens with zero attached hydrogens (tertiary/aromatic N) is 2. The van der Waals surface area contributed by atoms with E-state index in [-0.39, 0.29) is 5.54 Å². The summed E-state index contributed by atoms with van der Waals surface area (Å²) in [4.78, 5) is 4.70. The van der Waals surface area contributed by atoms with E-state index in [1.807, 2.05) is 0 Å². The van der Waals surface area contributed by atoms with Gasteiger partial charge in [0.05, 0.1) is 0 Å². The number of hydrogen-bond donors (Lipinski definition) is 1. The van der Waals surface area contributed by atoms with Crippen molar-refractivity contribution in [2.75, 3.05) is 40.8 Å². The molecule has 0 aliphatic heterocycles. The van der Waals surface area contributed by atoms with Gasteiger partial charge >= 0.3 is 0 Å². The zero-order valence-corrected chi connectivity index (χ0v) is 13.6. The molecule has 0 aliphatic carbocycles. The lowest BCUT2D eigenvalue weighted by Gasteiger charge is -2.41. The first kappa shape index (κ1) is 17.2. The van der Waals surface area contributed by atoms with Gasteiger partial charge in [0, 0.05) is 12.1 Å². The first-order valence-electron chi connectivity index (χ1n) is 7.64. The molecule has 0 radical (unpaired) electrons. The smallest absolute Gasteiger partial charge is 0.0366 e. The molecule has 0 spiro atoms. The van der Waals surface area contributed by atoms with E-state index in [0.717, 1.165) is 25.9 Å². The van der Waals surface area contributed by atoms with Gasteiger partial charge in [0.15, 0.2) is 0 Å². The molecule has 0 fully saturated rings. The second-order valence-corrected chi connectivity index (χ2v) is 6.02. The van der Waals surface area contributed by atoms with Gasteiger partial charge in [-0.3, -0.25) is 4.90 Å². The minimum absolute atomic E-state index is 0.0770. The molecule has 0 heterocycles. The molecule has 0 amide bonds. The summed E-state index contributed by atoms with van der Waals surface area (Å²) in [5.41, 5.74) is 7.60. The molecule has 3 heteroatoms. The summed E-state index contributed by atoms with van der Waals surface area (Å²) in [6.45, 7) is 5.17. The summed E-state index contributed by atoms with van der Waals surface area (Å²) in [7, 11) is 6.47. The third-order valence-electron chi connectivity index (χ3n) is 4.32. The maximum Gasteiger partial charge on any atom is 0.0366 e. The van der Waals surface area contributed by atoms with Crippen LogP contribution in [0.2, 0.25) is 0 Å². The monoisotopic (exact) mass is 277 g/mol. The normalized spacial score (nSPS) is 14.8. The summed E-state index contributed by atoms with van der Waals surface area (Å²) in [6, 6.07) is 10.7. The van der Waals surface area contributed by atoms with E-state index < -0.39 is 0 Å². The van der Waals surface area contributed by atoms with E-state index in [1.54, 1.807) is 0 Å². The van der Waals surface area contributed by atoms with E-state index in [1.165, 1.54) is 12.0 Å². The summed E-state index contributed by atoms with van der Waals surface area (Å²) in [5.74, 6) is 0. The Bertz CT molecular complexity index is 358. The first-order valence-corrected chi connectivity index (χ1v) is 7.64. The zero-order chi connectivity index (χ0) is 15.0. The molecule has 0 bridgehead atoms. The maximum absolute atomic E-state index is 6.15. The van der Waals surface area contributed by atoms with Gasteiger partial charge in [-0.2, -0.15) is 0 Å². The van der Waals surface area contributed by atoms with Crippen LogP contribution in [-0.2, 0) is 6.42 Å². The Morgan fingerprint density at radius 3 is 2.20 bits per heavy atom.